The lowest BCUT2D eigenvalue weighted by Gasteiger charge is -2.29. The molecular weight excluding hydrogens is 251 g/mol. The van der Waals surface area contributed by atoms with Crippen molar-refractivity contribution in [1.82, 2.24) is 5.32 Å². The molecule has 1 aromatic carbocycles. The first-order valence-electron chi connectivity index (χ1n) is 5.77. The van der Waals surface area contributed by atoms with Crippen molar-refractivity contribution in [3.05, 3.63) is 29.1 Å². The molecule has 6 heteroatoms. The molecule has 1 aliphatic rings. The second-order valence-electron chi connectivity index (χ2n) is 4.50. The average Bonchev–Trinajstić information content (AvgIpc) is 2.30. The van der Waals surface area contributed by atoms with Crippen molar-refractivity contribution in [3.8, 4) is 0 Å². The van der Waals surface area contributed by atoms with Crippen molar-refractivity contribution >= 4 is 23.3 Å². The SMILES string of the molecule is CC(=O)c1cc(F)c(C)cc1N1CC(=O)NC(=O)C1. The van der Waals surface area contributed by atoms with Crippen LogP contribution in [0.3, 0.4) is 0 Å². The van der Waals surface area contributed by atoms with Crippen LogP contribution < -0.4 is 10.2 Å². The number of hydrogen-bond acceptors (Lipinski definition) is 4. The highest BCUT2D eigenvalue weighted by atomic mass is 19.1. The van der Waals surface area contributed by atoms with E-state index in [0.717, 1.165) is 6.07 Å². The maximum atomic E-state index is 13.5. The molecule has 0 radical (unpaired) electrons. The highest BCUT2D eigenvalue weighted by molar-refractivity contribution is 6.05. The molecule has 100 valence electrons. The molecule has 5 nitrogen and oxygen atoms in total. The fourth-order valence-corrected chi connectivity index (χ4v) is 2.02. The van der Waals surface area contributed by atoms with Gasteiger partial charge < -0.3 is 4.90 Å². The number of nitrogens with one attached hydrogen (secondary N) is 1. The van der Waals surface area contributed by atoms with E-state index in [4.69, 9.17) is 0 Å². The van der Waals surface area contributed by atoms with Crippen LogP contribution in [0, 0.1) is 12.7 Å². The molecule has 0 aliphatic carbocycles. The maximum Gasteiger partial charge on any atom is 0.246 e. The minimum absolute atomic E-state index is 0.0307. The zero-order valence-corrected chi connectivity index (χ0v) is 10.6. The van der Waals surface area contributed by atoms with Crippen LogP contribution in [0.5, 0.6) is 0 Å². The molecule has 19 heavy (non-hydrogen) atoms. The minimum Gasteiger partial charge on any atom is -0.352 e. The fourth-order valence-electron chi connectivity index (χ4n) is 2.02. The lowest BCUT2D eigenvalue weighted by atomic mass is 10.0. The maximum absolute atomic E-state index is 13.5. The van der Waals surface area contributed by atoms with Crippen molar-refractivity contribution < 1.29 is 18.8 Å². The number of carbonyl (C=O) groups excluding carboxylic acids is 3. The van der Waals surface area contributed by atoms with E-state index < -0.39 is 17.6 Å². The molecule has 1 aromatic rings. The summed E-state index contributed by atoms with van der Waals surface area (Å²) in [5, 5.41) is 2.18. The van der Waals surface area contributed by atoms with Crippen molar-refractivity contribution in [3.63, 3.8) is 0 Å². The van der Waals surface area contributed by atoms with Crippen LogP contribution in [0.1, 0.15) is 22.8 Å². The van der Waals surface area contributed by atoms with E-state index in [-0.39, 0.29) is 24.4 Å². The van der Waals surface area contributed by atoms with Crippen LogP contribution in [-0.2, 0) is 9.59 Å². The van der Waals surface area contributed by atoms with Gasteiger partial charge in [-0.15, -0.1) is 0 Å². The Morgan fingerprint density at radius 1 is 1.26 bits per heavy atom. The van der Waals surface area contributed by atoms with Gasteiger partial charge in [0.05, 0.1) is 13.1 Å². The Morgan fingerprint density at radius 3 is 2.37 bits per heavy atom. The first kappa shape index (κ1) is 13.2. The van der Waals surface area contributed by atoms with Gasteiger partial charge in [-0.1, -0.05) is 0 Å². The normalized spacial score (nSPS) is 15.4. The molecule has 0 bridgehead atoms. The number of Topliss-reactive ketones (excluding diaryl/α,β-unsaturated/α-hetero) is 1. The summed E-state index contributed by atoms with van der Waals surface area (Å²) in [6.07, 6.45) is 0. The van der Waals surface area contributed by atoms with Gasteiger partial charge >= 0.3 is 0 Å². The van der Waals surface area contributed by atoms with Crippen molar-refractivity contribution in [1.29, 1.82) is 0 Å². The van der Waals surface area contributed by atoms with Crippen LogP contribution >= 0.6 is 0 Å². The molecule has 0 aromatic heterocycles. The van der Waals surface area contributed by atoms with Crippen LogP contribution in [0.25, 0.3) is 0 Å². The molecule has 2 amide bonds. The number of aryl methyl sites for hydroxylation is 1. The van der Waals surface area contributed by atoms with Crippen molar-refractivity contribution in [2.45, 2.75) is 13.8 Å². The topological polar surface area (TPSA) is 66.5 Å². The Balaban J connectivity index is 2.48. The van der Waals surface area contributed by atoms with E-state index in [1.807, 2.05) is 0 Å². The third kappa shape index (κ3) is 2.62. The number of anilines is 1. The zero-order chi connectivity index (χ0) is 14.2. The summed E-state index contributed by atoms with van der Waals surface area (Å²) in [5.41, 5.74) is 0.943. The quantitative estimate of drug-likeness (QED) is 0.634. The number of ketones is 1. The number of imide groups is 1. The zero-order valence-electron chi connectivity index (χ0n) is 10.6. The molecule has 0 spiro atoms. The molecule has 1 fully saturated rings. The summed E-state index contributed by atoms with van der Waals surface area (Å²) in [7, 11) is 0. The predicted octanol–water partition coefficient (Wildman–Crippen LogP) is 0.800. The predicted molar refractivity (Wildman–Crippen MR) is 66.5 cm³/mol. The lowest BCUT2D eigenvalue weighted by Crippen LogP contribution is -2.51. The third-order valence-electron chi connectivity index (χ3n) is 2.94. The number of carbonyl (C=O) groups is 3. The Hall–Kier alpha value is -2.24. The van der Waals surface area contributed by atoms with Gasteiger partial charge in [0, 0.05) is 11.3 Å². The summed E-state index contributed by atoms with van der Waals surface area (Å²) in [6, 6.07) is 2.63. The highest BCUT2D eigenvalue weighted by Gasteiger charge is 2.25. The van der Waals surface area contributed by atoms with Gasteiger partial charge in [-0.3, -0.25) is 19.7 Å². The second kappa shape index (κ2) is 4.79. The largest absolute Gasteiger partial charge is 0.352 e. The number of piperazine rings is 1. The van der Waals surface area contributed by atoms with Gasteiger partial charge in [-0.25, -0.2) is 4.39 Å². The lowest BCUT2D eigenvalue weighted by molar-refractivity contribution is -0.130. The van der Waals surface area contributed by atoms with E-state index in [2.05, 4.69) is 5.32 Å². The van der Waals surface area contributed by atoms with E-state index in [0.29, 0.717) is 11.3 Å². The molecule has 0 atom stereocenters. The number of amides is 2. The average molecular weight is 264 g/mol. The molecule has 1 aliphatic heterocycles. The van der Waals surface area contributed by atoms with Gasteiger partial charge in [0.15, 0.2) is 5.78 Å². The number of halogens is 1. The Bertz CT molecular complexity index is 567. The monoisotopic (exact) mass is 264 g/mol. The molecule has 0 unspecified atom stereocenters. The molecule has 0 saturated carbocycles. The van der Waals surface area contributed by atoms with E-state index in [1.54, 1.807) is 6.92 Å². The summed E-state index contributed by atoms with van der Waals surface area (Å²) in [5.74, 6) is -1.67. The van der Waals surface area contributed by atoms with Gasteiger partial charge in [-0.05, 0) is 31.5 Å². The standard InChI is InChI=1S/C13H13FN2O3/c1-7-3-11(9(8(2)17)4-10(7)14)16-5-12(18)15-13(19)6-16/h3-4H,5-6H2,1-2H3,(H,15,18,19). The first-order chi connectivity index (χ1) is 8.88. The third-order valence-corrected chi connectivity index (χ3v) is 2.94. The summed E-state index contributed by atoms with van der Waals surface area (Å²) in [4.78, 5) is 35.7. The number of rotatable bonds is 2. The molecular formula is C13H13FN2O3. The molecule has 1 saturated heterocycles. The summed E-state index contributed by atoms with van der Waals surface area (Å²) >= 11 is 0. The first-order valence-corrected chi connectivity index (χ1v) is 5.77. The van der Waals surface area contributed by atoms with Crippen LogP contribution in [-0.4, -0.2) is 30.7 Å². The Morgan fingerprint density at radius 2 is 1.84 bits per heavy atom. The van der Waals surface area contributed by atoms with Crippen molar-refractivity contribution in [2.24, 2.45) is 0 Å². The van der Waals surface area contributed by atoms with E-state index in [9.17, 15) is 18.8 Å². The number of hydrogen-bond donors (Lipinski definition) is 1. The van der Waals surface area contributed by atoms with E-state index in [1.165, 1.54) is 17.9 Å². The second-order valence-corrected chi connectivity index (χ2v) is 4.50. The Kier molecular flexibility index (Phi) is 3.33. The molecule has 1 N–H and O–H groups in total. The molecule has 2 rings (SSSR count). The van der Waals surface area contributed by atoms with Gasteiger partial charge in [0.1, 0.15) is 5.82 Å². The highest BCUT2D eigenvalue weighted by Crippen LogP contribution is 2.25. The smallest absolute Gasteiger partial charge is 0.246 e. The Labute approximate surface area is 109 Å². The number of nitrogens with zero attached hydrogens (tertiary/aromatic N) is 1. The van der Waals surface area contributed by atoms with Crippen molar-refractivity contribution in [2.75, 3.05) is 18.0 Å². The minimum atomic E-state index is -0.485. The van der Waals surface area contributed by atoms with Crippen LogP contribution in [0.15, 0.2) is 12.1 Å². The molecule has 1 heterocycles. The van der Waals surface area contributed by atoms with Gasteiger partial charge in [0.25, 0.3) is 0 Å². The summed E-state index contributed by atoms with van der Waals surface area (Å²) in [6.45, 7) is 2.82. The fraction of sp³-hybridized carbons (Fsp3) is 0.308. The van der Waals surface area contributed by atoms with Gasteiger partial charge in [0.2, 0.25) is 11.8 Å². The number of benzene rings is 1. The van der Waals surface area contributed by atoms with Crippen LogP contribution in [0.4, 0.5) is 10.1 Å². The van der Waals surface area contributed by atoms with E-state index >= 15 is 0 Å². The van der Waals surface area contributed by atoms with Crippen LogP contribution in [0.2, 0.25) is 0 Å². The van der Waals surface area contributed by atoms with Gasteiger partial charge in [-0.2, -0.15) is 0 Å². The summed E-state index contributed by atoms with van der Waals surface area (Å²) < 4.78 is 13.5.